The Morgan fingerprint density at radius 3 is 2.36 bits per heavy atom. The third-order valence-corrected chi connectivity index (χ3v) is 11.1. The Morgan fingerprint density at radius 2 is 1.71 bits per heavy atom. The molecule has 4 aromatic rings. The van der Waals surface area contributed by atoms with Crippen LogP contribution in [0.4, 0.5) is 5.69 Å². The van der Waals surface area contributed by atoms with Crippen LogP contribution >= 0.6 is 11.8 Å². The largest absolute Gasteiger partial charge is 0.508 e. The maximum Gasteiger partial charge on any atom is 0.271 e. The summed E-state index contributed by atoms with van der Waals surface area (Å²) in [5, 5.41) is 24.9. The molecule has 228 valence electrons. The highest BCUT2D eigenvalue weighted by molar-refractivity contribution is 8.19. The molecule has 2 heterocycles. The summed E-state index contributed by atoms with van der Waals surface area (Å²) in [6.45, 7) is 6.99. The quantitative estimate of drug-likeness (QED) is 0.175. The van der Waals surface area contributed by atoms with Crippen molar-refractivity contribution in [2.45, 2.75) is 40.0 Å². The van der Waals surface area contributed by atoms with E-state index in [4.69, 9.17) is 20.0 Å². The molecule has 1 N–H and O–H groups in total. The van der Waals surface area contributed by atoms with E-state index in [2.05, 4.69) is 20.8 Å². The lowest BCUT2D eigenvalue weighted by molar-refractivity contribution is -0.113. The molecule has 7 rings (SSSR count). The monoisotopic (exact) mass is 617 g/mol. The van der Waals surface area contributed by atoms with Gasteiger partial charge < -0.3 is 9.84 Å². The van der Waals surface area contributed by atoms with Crippen LogP contribution < -0.4 is 9.64 Å². The highest BCUT2D eigenvalue weighted by Gasteiger charge is 2.60. The van der Waals surface area contributed by atoms with Crippen molar-refractivity contribution in [3.8, 4) is 28.4 Å². The van der Waals surface area contributed by atoms with Crippen molar-refractivity contribution in [1.29, 1.82) is 0 Å². The molecule has 9 heteroatoms. The van der Waals surface area contributed by atoms with Crippen LogP contribution in [0.1, 0.15) is 45.6 Å². The maximum absolute atomic E-state index is 14.1. The van der Waals surface area contributed by atoms with Gasteiger partial charge in [-0.1, -0.05) is 39.0 Å². The van der Waals surface area contributed by atoms with Gasteiger partial charge >= 0.3 is 0 Å². The zero-order valence-electron chi connectivity index (χ0n) is 25.8. The number of aromatic hydroxyl groups is 1. The summed E-state index contributed by atoms with van der Waals surface area (Å²) in [4.78, 5) is 16.2. The fraction of sp³-hybridized carbons (Fsp3) is 0.278. The first-order valence-corrected chi connectivity index (χ1v) is 16.0. The first-order valence-electron chi connectivity index (χ1n) is 15.2. The second-order valence-corrected chi connectivity index (χ2v) is 13.6. The van der Waals surface area contributed by atoms with Crippen molar-refractivity contribution >= 4 is 40.3 Å². The van der Waals surface area contributed by atoms with E-state index in [-0.39, 0.29) is 22.5 Å². The molecule has 3 aliphatic rings. The summed E-state index contributed by atoms with van der Waals surface area (Å²) in [7, 11) is 1.64. The number of fused-ring (bicyclic) bond motifs is 2. The van der Waals surface area contributed by atoms with Gasteiger partial charge in [-0.25, -0.2) is 4.68 Å². The Bertz CT molecular complexity index is 1860. The van der Waals surface area contributed by atoms with Gasteiger partial charge in [-0.2, -0.15) is 10.2 Å². The molecule has 2 bridgehead atoms. The van der Waals surface area contributed by atoms with Crippen LogP contribution in [-0.2, 0) is 4.79 Å². The summed E-state index contributed by atoms with van der Waals surface area (Å²) >= 11 is 1.30. The fourth-order valence-electron chi connectivity index (χ4n) is 6.87. The summed E-state index contributed by atoms with van der Waals surface area (Å²) in [5.41, 5.74) is 5.23. The summed E-state index contributed by atoms with van der Waals surface area (Å²) in [6, 6.07) is 24.2. The average Bonchev–Trinajstić information content (AvgIpc) is 3.73. The first-order chi connectivity index (χ1) is 21.7. The number of rotatable bonds is 6. The summed E-state index contributed by atoms with van der Waals surface area (Å²) in [5.74, 6) is 1.27. The van der Waals surface area contributed by atoms with Gasteiger partial charge in [-0.15, -0.1) is 5.10 Å². The van der Waals surface area contributed by atoms with Crippen LogP contribution in [0.2, 0.25) is 0 Å². The van der Waals surface area contributed by atoms with Gasteiger partial charge in [0, 0.05) is 28.5 Å². The van der Waals surface area contributed by atoms with Crippen molar-refractivity contribution in [3.63, 3.8) is 0 Å². The van der Waals surface area contributed by atoms with Crippen molar-refractivity contribution in [3.05, 3.63) is 95.5 Å². The number of amidine groups is 1. The molecule has 1 amide bonds. The normalized spacial score (nSPS) is 24.8. The minimum absolute atomic E-state index is 0.00364. The van der Waals surface area contributed by atoms with Crippen molar-refractivity contribution in [2.24, 2.45) is 27.0 Å². The molecule has 3 aromatic carbocycles. The van der Waals surface area contributed by atoms with Gasteiger partial charge in [-0.3, -0.25) is 9.69 Å². The van der Waals surface area contributed by atoms with Crippen LogP contribution in [0, 0.1) is 16.7 Å². The van der Waals surface area contributed by atoms with Crippen LogP contribution in [-0.4, -0.2) is 38.8 Å². The molecule has 2 atom stereocenters. The Kier molecular flexibility index (Phi) is 7.16. The van der Waals surface area contributed by atoms with Gasteiger partial charge in [0.2, 0.25) is 5.17 Å². The second kappa shape index (κ2) is 11.1. The number of carbonyl (C=O) groups excluding carboxylic acids is 1. The van der Waals surface area contributed by atoms with Crippen LogP contribution in [0.3, 0.4) is 0 Å². The lowest BCUT2D eigenvalue weighted by Gasteiger charge is -2.34. The van der Waals surface area contributed by atoms with Crippen LogP contribution in [0.25, 0.3) is 23.0 Å². The number of phenols is 1. The zero-order chi connectivity index (χ0) is 31.3. The molecular weight excluding hydrogens is 582 g/mol. The lowest BCUT2D eigenvalue weighted by Crippen LogP contribution is -2.32. The topological polar surface area (TPSA) is 92.3 Å². The van der Waals surface area contributed by atoms with E-state index in [9.17, 15) is 9.90 Å². The first kappa shape index (κ1) is 29.1. The smallest absolute Gasteiger partial charge is 0.271 e. The molecule has 0 radical (unpaired) electrons. The number of thioether (sulfide) groups is 1. The van der Waals surface area contributed by atoms with Crippen molar-refractivity contribution in [2.75, 3.05) is 12.0 Å². The van der Waals surface area contributed by atoms with E-state index in [0.29, 0.717) is 21.7 Å². The molecule has 0 spiro atoms. The predicted octanol–water partition coefficient (Wildman–Crippen LogP) is 7.93. The Balaban J connectivity index is 1.31. The number of benzene rings is 3. The van der Waals surface area contributed by atoms with Gasteiger partial charge in [0.15, 0.2) is 0 Å². The molecule has 45 heavy (non-hydrogen) atoms. The number of methoxy groups -OCH3 is 1. The number of hydrogen-bond donors (Lipinski definition) is 1. The third kappa shape index (κ3) is 4.95. The molecule has 8 nitrogen and oxygen atoms in total. The number of hydrogen-bond acceptors (Lipinski definition) is 7. The average molecular weight is 618 g/mol. The van der Waals surface area contributed by atoms with Crippen molar-refractivity contribution in [1.82, 2.24) is 9.78 Å². The third-order valence-electron chi connectivity index (χ3n) is 10.1. The van der Waals surface area contributed by atoms with E-state index in [1.54, 1.807) is 36.3 Å². The Labute approximate surface area is 267 Å². The van der Waals surface area contributed by atoms with E-state index < -0.39 is 0 Å². The van der Waals surface area contributed by atoms with Crippen LogP contribution in [0.5, 0.6) is 11.5 Å². The minimum atomic E-state index is -0.211. The molecule has 1 aliphatic heterocycles. The van der Waals surface area contributed by atoms with E-state index in [1.807, 2.05) is 71.6 Å². The molecule has 2 unspecified atom stereocenters. The molecular formula is C36H35N5O3S. The zero-order valence-corrected chi connectivity index (χ0v) is 26.6. The number of carbonyl (C=O) groups is 1. The van der Waals surface area contributed by atoms with Gasteiger partial charge in [0.25, 0.3) is 5.91 Å². The van der Waals surface area contributed by atoms with Gasteiger partial charge in [0.1, 0.15) is 11.5 Å². The van der Waals surface area contributed by atoms with Crippen LogP contribution in [0.15, 0.2) is 100 Å². The molecule has 1 saturated heterocycles. The van der Waals surface area contributed by atoms with E-state index in [0.717, 1.165) is 46.8 Å². The molecule has 2 saturated carbocycles. The number of ether oxygens (including phenoxy) is 1. The van der Waals surface area contributed by atoms with E-state index in [1.165, 1.54) is 18.2 Å². The summed E-state index contributed by atoms with van der Waals surface area (Å²) in [6.07, 6.45) is 7.07. The number of aromatic nitrogens is 2. The standard InChI is InChI=1S/C36H35N5O3S/c1-35(2)25-18-19-36(35,3)31(21-25)37-38-34-41(27-12-14-28(42)15-13-27)33(43)30(45-34)20-24-22-40(26-8-6-5-7-9-26)39-32(24)23-10-16-29(44-4)17-11-23/h5-17,20,22,25,42H,18-19,21H2,1-4H3/b30-20+,37-31+,38-34+. The molecule has 3 fully saturated rings. The highest BCUT2D eigenvalue weighted by atomic mass is 32.2. The SMILES string of the molecule is COc1ccc(-c2nn(-c3ccccc3)cc2/C=C2/S/C(=N/N=C3\CC4CCC3(C)C4(C)C)N(c3ccc(O)cc3)C2=O)cc1. The summed E-state index contributed by atoms with van der Waals surface area (Å²) < 4.78 is 7.19. The minimum Gasteiger partial charge on any atom is -0.508 e. The molecule has 1 aromatic heterocycles. The Hall–Kier alpha value is -4.63. The number of anilines is 1. The Morgan fingerprint density at radius 1 is 0.978 bits per heavy atom. The van der Waals surface area contributed by atoms with E-state index >= 15 is 0 Å². The lowest BCUT2D eigenvalue weighted by atomic mass is 9.70. The highest BCUT2D eigenvalue weighted by Crippen LogP contribution is 2.64. The number of amides is 1. The second-order valence-electron chi connectivity index (χ2n) is 12.6. The van der Waals surface area contributed by atoms with Gasteiger partial charge in [-0.05, 0) is 109 Å². The number of nitrogens with zero attached hydrogens (tertiary/aromatic N) is 5. The van der Waals surface area contributed by atoms with Gasteiger partial charge in [0.05, 0.1) is 29.1 Å². The predicted molar refractivity (Wildman–Crippen MR) is 181 cm³/mol. The maximum atomic E-state index is 14.1. The van der Waals surface area contributed by atoms with Crippen molar-refractivity contribution < 1.29 is 14.6 Å². The molecule has 2 aliphatic carbocycles. The fourth-order valence-corrected chi connectivity index (χ4v) is 7.80. The number of para-hydroxylation sites is 1. The number of phenolic OH excluding ortho intramolecular Hbond substituents is 1.